The molecule has 1 saturated heterocycles. The number of anilines is 1. The maximum Gasteiger partial charge on any atom is 0.417 e. The number of hydrogen-bond donors (Lipinski definition) is 1. The molecule has 0 atom stereocenters. The van der Waals surface area contributed by atoms with Crippen molar-refractivity contribution in [1.82, 2.24) is 24.7 Å². The van der Waals surface area contributed by atoms with Crippen LogP contribution in [-0.4, -0.2) is 47.5 Å². The number of benzene rings is 1. The first kappa shape index (κ1) is 25.0. The van der Waals surface area contributed by atoms with Gasteiger partial charge in [-0.1, -0.05) is 0 Å². The van der Waals surface area contributed by atoms with Crippen LogP contribution in [0.5, 0.6) is 0 Å². The van der Waals surface area contributed by atoms with Gasteiger partial charge in [0, 0.05) is 32.4 Å². The first-order valence-electron chi connectivity index (χ1n) is 10.8. The summed E-state index contributed by atoms with van der Waals surface area (Å²) in [6.45, 7) is 4.74. The topological polar surface area (TPSA) is 93.0 Å². The van der Waals surface area contributed by atoms with E-state index in [2.05, 4.69) is 20.0 Å². The minimum absolute atomic E-state index is 0.191. The summed E-state index contributed by atoms with van der Waals surface area (Å²) in [4.78, 5) is 0.989. The van der Waals surface area contributed by atoms with Crippen molar-refractivity contribution in [3.63, 3.8) is 0 Å². The van der Waals surface area contributed by atoms with Crippen molar-refractivity contribution in [1.29, 1.82) is 0 Å². The molecule has 0 unspecified atom stereocenters. The fraction of sp³-hybridized carbons (Fsp3) is 0.409. The second-order valence-corrected chi connectivity index (χ2v) is 10.2. The Morgan fingerprint density at radius 2 is 1.74 bits per heavy atom. The van der Waals surface area contributed by atoms with Crippen molar-refractivity contribution in [2.24, 2.45) is 7.05 Å². The van der Waals surface area contributed by atoms with Gasteiger partial charge in [-0.15, -0.1) is 10.2 Å². The number of aromatic nitrogens is 4. The number of nitrogens with one attached hydrogen (secondary N) is 1. The van der Waals surface area contributed by atoms with Crippen LogP contribution >= 0.6 is 0 Å². The average Bonchev–Trinajstić information content (AvgIpc) is 3.21. The van der Waals surface area contributed by atoms with Crippen LogP contribution in [0, 0.1) is 19.7 Å². The molecular weight excluding hydrogens is 488 g/mol. The molecule has 1 N–H and O–H groups in total. The average molecular weight is 513 g/mol. The van der Waals surface area contributed by atoms with Gasteiger partial charge in [-0.3, -0.25) is 4.68 Å². The Bertz CT molecular complexity index is 1350. The van der Waals surface area contributed by atoms with E-state index in [0.29, 0.717) is 49.6 Å². The van der Waals surface area contributed by atoms with Gasteiger partial charge in [-0.2, -0.15) is 18.3 Å². The van der Waals surface area contributed by atoms with E-state index in [1.54, 1.807) is 10.9 Å². The van der Waals surface area contributed by atoms with Crippen LogP contribution in [0.15, 0.2) is 35.4 Å². The normalized spacial score (nSPS) is 15.6. The molecule has 1 fully saturated rings. The Labute approximate surface area is 200 Å². The molecule has 1 aromatic carbocycles. The zero-order chi connectivity index (χ0) is 25.5. The van der Waals surface area contributed by atoms with E-state index in [-0.39, 0.29) is 6.07 Å². The summed E-state index contributed by atoms with van der Waals surface area (Å²) < 4.78 is 82.8. The molecule has 1 aliphatic heterocycles. The molecular formula is C22H24F4N6O2S. The number of sulfonamides is 1. The number of aryl methyl sites for hydroxylation is 1. The molecule has 0 saturated carbocycles. The lowest BCUT2D eigenvalue weighted by molar-refractivity contribution is -0.140. The Hall–Kier alpha value is -3.06. The number of rotatable bonds is 5. The van der Waals surface area contributed by atoms with Gasteiger partial charge in [-0.05, 0) is 62.1 Å². The third-order valence-electron chi connectivity index (χ3n) is 6.21. The SMILES string of the molecule is Cc1c(-c2ccnn2C)nnc(N2CCC(NS(=O)(=O)c3ccc(F)cc3C(F)(F)F)CC2)c1C. The van der Waals surface area contributed by atoms with Crippen molar-refractivity contribution in [2.45, 2.75) is 43.8 Å². The van der Waals surface area contributed by atoms with Crippen molar-refractivity contribution in [3.05, 3.63) is 53.0 Å². The van der Waals surface area contributed by atoms with Gasteiger partial charge in [0.15, 0.2) is 5.82 Å². The molecule has 35 heavy (non-hydrogen) atoms. The molecule has 0 radical (unpaired) electrons. The minimum Gasteiger partial charge on any atom is -0.355 e. The summed E-state index contributed by atoms with van der Waals surface area (Å²) in [6, 6.07) is 2.80. The number of alkyl halides is 3. The van der Waals surface area contributed by atoms with Crippen LogP contribution in [0.2, 0.25) is 0 Å². The van der Waals surface area contributed by atoms with E-state index >= 15 is 0 Å². The summed E-state index contributed by atoms with van der Waals surface area (Å²) in [7, 11) is -2.70. The minimum atomic E-state index is -5.01. The first-order valence-corrected chi connectivity index (χ1v) is 12.3. The van der Waals surface area contributed by atoms with Crippen LogP contribution in [-0.2, 0) is 23.2 Å². The van der Waals surface area contributed by atoms with Crippen LogP contribution in [0.1, 0.15) is 29.5 Å². The lowest BCUT2D eigenvalue weighted by atomic mass is 10.0. The zero-order valence-corrected chi connectivity index (χ0v) is 20.1. The summed E-state index contributed by atoms with van der Waals surface area (Å²) in [5.41, 5.74) is 1.89. The van der Waals surface area contributed by atoms with Gasteiger partial charge in [-0.25, -0.2) is 17.5 Å². The molecule has 4 rings (SSSR count). The number of hydrogen-bond acceptors (Lipinski definition) is 6. The molecule has 3 heterocycles. The maximum atomic E-state index is 13.4. The predicted molar refractivity (Wildman–Crippen MR) is 121 cm³/mol. The highest BCUT2D eigenvalue weighted by atomic mass is 32.2. The molecule has 0 aliphatic carbocycles. The van der Waals surface area contributed by atoms with Gasteiger partial charge in [0.2, 0.25) is 10.0 Å². The third-order valence-corrected chi connectivity index (χ3v) is 7.79. The summed E-state index contributed by atoms with van der Waals surface area (Å²) >= 11 is 0. The summed E-state index contributed by atoms with van der Waals surface area (Å²) in [5.74, 6) is -0.488. The predicted octanol–water partition coefficient (Wildman–Crippen LogP) is 3.60. The van der Waals surface area contributed by atoms with Crippen molar-refractivity contribution >= 4 is 15.8 Å². The maximum absolute atomic E-state index is 13.4. The fourth-order valence-electron chi connectivity index (χ4n) is 4.19. The van der Waals surface area contributed by atoms with Crippen LogP contribution in [0.3, 0.4) is 0 Å². The molecule has 0 amide bonds. The highest BCUT2D eigenvalue weighted by molar-refractivity contribution is 7.89. The Morgan fingerprint density at radius 3 is 2.34 bits per heavy atom. The van der Waals surface area contributed by atoms with E-state index in [0.717, 1.165) is 16.8 Å². The number of halogens is 4. The van der Waals surface area contributed by atoms with E-state index in [1.165, 1.54) is 0 Å². The van der Waals surface area contributed by atoms with Crippen LogP contribution < -0.4 is 9.62 Å². The Morgan fingerprint density at radius 1 is 1.06 bits per heavy atom. The Kier molecular flexibility index (Phi) is 6.58. The van der Waals surface area contributed by atoms with Crippen molar-refractivity contribution < 1.29 is 26.0 Å². The second-order valence-electron chi connectivity index (χ2n) is 8.48. The fourth-order valence-corrected chi connectivity index (χ4v) is 5.71. The Balaban J connectivity index is 1.48. The van der Waals surface area contributed by atoms with Crippen LogP contribution in [0.25, 0.3) is 11.4 Å². The molecule has 8 nitrogen and oxygen atoms in total. The van der Waals surface area contributed by atoms with Crippen molar-refractivity contribution in [2.75, 3.05) is 18.0 Å². The van der Waals surface area contributed by atoms with Crippen molar-refractivity contribution in [3.8, 4) is 11.4 Å². The highest BCUT2D eigenvalue weighted by Gasteiger charge is 2.38. The quantitative estimate of drug-likeness (QED) is 0.526. The molecule has 3 aromatic rings. The van der Waals surface area contributed by atoms with Crippen LogP contribution in [0.4, 0.5) is 23.4 Å². The van der Waals surface area contributed by atoms with Gasteiger partial charge in [0.05, 0.1) is 16.2 Å². The van der Waals surface area contributed by atoms with E-state index < -0.39 is 38.5 Å². The molecule has 2 aromatic heterocycles. The smallest absolute Gasteiger partial charge is 0.355 e. The third kappa shape index (κ3) is 5.01. The lowest BCUT2D eigenvalue weighted by Crippen LogP contribution is -2.45. The monoisotopic (exact) mass is 512 g/mol. The number of piperidine rings is 1. The van der Waals surface area contributed by atoms with Gasteiger partial charge < -0.3 is 4.90 Å². The molecule has 0 spiro atoms. The zero-order valence-electron chi connectivity index (χ0n) is 19.3. The molecule has 1 aliphatic rings. The van der Waals surface area contributed by atoms with Gasteiger partial charge in [0.25, 0.3) is 0 Å². The standard InChI is InChI=1S/C22H24F4N6O2S/c1-13-14(2)21(29-28-20(13)18-6-9-27-31(18)3)32-10-7-16(8-11-32)30-35(33,34)19-5-4-15(23)12-17(19)22(24,25)26/h4-6,9,12,16,30H,7-8,10-11H2,1-3H3. The van der Waals surface area contributed by atoms with Gasteiger partial charge >= 0.3 is 6.18 Å². The molecule has 188 valence electrons. The second kappa shape index (κ2) is 9.19. The van der Waals surface area contributed by atoms with E-state index in [9.17, 15) is 26.0 Å². The lowest BCUT2D eigenvalue weighted by Gasteiger charge is -2.34. The first-order chi connectivity index (χ1) is 16.4. The van der Waals surface area contributed by atoms with E-state index in [4.69, 9.17) is 0 Å². The molecule has 0 bridgehead atoms. The van der Waals surface area contributed by atoms with Gasteiger partial charge in [0.1, 0.15) is 11.5 Å². The highest BCUT2D eigenvalue weighted by Crippen LogP contribution is 2.35. The van der Waals surface area contributed by atoms with E-state index in [1.807, 2.05) is 31.9 Å². The molecule has 13 heteroatoms. The largest absolute Gasteiger partial charge is 0.417 e. The summed E-state index contributed by atoms with van der Waals surface area (Å²) in [6.07, 6.45) is -2.63. The number of nitrogens with zero attached hydrogens (tertiary/aromatic N) is 5. The summed E-state index contributed by atoms with van der Waals surface area (Å²) in [5, 5.41) is 12.9.